The van der Waals surface area contributed by atoms with E-state index in [1.807, 2.05) is 0 Å². The van der Waals surface area contributed by atoms with Crippen molar-refractivity contribution in [1.29, 1.82) is 0 Å². The molecule has 3 rings (SSSR count). The summed E-state index contributed by atoms with van der Waals surface area (Å²) in [5.74, 6) is 0.211. The second-order valence-corrected chi connectivity index (χ2v) is 7.17. The molecule has 2 fully saturated rings. The molecule has 0 bridgehead atoms. The highest BCUT2D eigenvalue weighted by molar-refractivity contribution is 14.0. The van der Waals surface area contributed by atoms with E-state index in [-0.39, 0.29) is 41.1 Å². The molecule has 2 aliphatic heterocycles. The number of guanidine groups is 1. The Morgan fingerprint density at radius 2 is 2.11 bits per heavy atom. The Balaban J connectivity index is 0.00000261. The predicted molar refractivity (Wildman–Crippen MR) is 114 cm³/mol. The minimum atomic E-state index is -0.366. The molecule has 8 heteroatoms. The Morgan fingerprint density at radius 3 is 2.78 bits per heavy atom. The molecule has 2 saturated heterocycles. The number of nitrogens with zero attached hydrogens (tertiary/aromatic N) is 2. The van der Waals surface area contributed by atoms with E-state index in [1.165, 1.54) is 6.07 Å². The molecular weight excluding hydrogens is 462 g/mol. The zero-order chi connectivity index (χ0) is 18.6. The van der Waals surface area contributed by atoms with Crippen LogP contribution in [0.3, 0.4) is 0 Å². The van der Waals surface area contributed by atoms with E-state index >= 15 is 0 Å². The zero-order valence-corrected chi connectivity index (χ0v) is 18.2. The average Bonchev–Trinajstić information content (AvgIpc) is 3.27. The Labute approximate surface area is 177 Å². The molecule has 0 saturated carbocycles. The van der Waals surface area contributed by atoms with Crippen molar-refractivity contribution in [2.75, 3.05) is 46.4 Å². The lowest BCUT2D eigenvalue weighted by molar-refractivity contribution is 0.0954. The van der Waals surface area contributed by atoms with E-state index in [4.69, 9.17) is 4.74 Å². The summed E-state index contributed by atoms with van der Waals surface area (Å²) in [6.45, 7) is 6.30. The highest BCUT2D eigenvalue weighted by atomic mass is 127. The summed E-state index contributed by atoms with van der Waals surface area (Å²) < 4.78 is 19.1. The summed E-state index contributed by atoms with van der Waals surface area (Å²) in [6, 6.07) is 4.51. The van der Waals surface area contributed by atoms with Gasteiger partial charge in [-0.15, -0.1) is 24.0 Å². The van der Waals surface area contributed by atoms with E-state index in [1.54, 1.807) is 26.1 Å². The fourth-order valence-electron chi connectivity index (χ4n) is 3.61. The number of benzene rings is 1. The summed E-state index contributed by atoms with van der Waals surface area (Å²) in [7, 11) is 1.77. The average molecular weight is 490 g/mol. The van der Waals surface area contributed by atoms with Crippen LogP contribution in [0.1, 0.15) is 28.8 Å². The third-order valence-electron chi connectivity index (χ3n) is 5.26. The first-order chi connectivity index (χ1) is 12.5. The first kappa shape index (κ1) is 21.9. The largest absolute Gasteiger partial charge is 0.381 e. The Morgan fingerprint density at radius 1 is 1.33 bits per heavy atom. The summed E-state index contributed by atoms with van der Waals surface area (Å²) in [4.78, 5) is 18.7. The number of carbonyl (C=O) groups excluding carboxylic acids is 1. The number of halogens is 2. The SMILES string of the molecule is CN=C(NCCNC(=O)c1ccc(C)c(F)c1)N1CCC2(CCOC2)C1.I. The standard InChI is InChI=1S/C19H27FN4O2.HI/c1-14-3-4-15(11-16(14)20)17(25)22-7-8-23-18(21-2)24-9-5-19(12-24)6-10-26-13-19;/h3-4,11H,5-10,12-13H2,1-2H3,(H,21,23)(H,22,25);1H. The van der Waals surface area contributed by atoms with Crippen LogP contribution in [-0.2, 0) is 4.74 Å². The molecule has 2 heterocycles. The molecule has 1 aromatic carbocycles. The van der Waals surface area contributed by atoms with Crippen molar-refractivity contribution in [3.8, 4) is 0 Å². The summed E-state index contributed by atoms with van der Waals surface area (Å²) in [6.07, 6.45) is 2.24. The van der Waals surface area contributed by atoms with Gasteiger partial charge in [-0.05, 0) is 37.5 Å². The molecule has 0 aliphatic carbocycles. The number of carbonyl (C=O) groups is 1. The summed E-state index contributed by atoms with van der Waals surface area (Å²) >= 11 is 0. The smallest absolute Gasteiger partial charge is 0.251 e. The van der Waals surface area contributed by atoms with E-state index < -0.39 is 0 Å². The van der Waals surface area contributed by atoms with Crippen molar-refractivity contribution in [3.05, 3.63) is 35.1 Å². The molecule has 1 unspecified atom stereocenters. The van der Waals surface area contributed by atoms with Crippen LogP contribution in [0.25, 0.3) is 0 Å². The van der Waals surface area contributed by atoms with Crippen LogP contribution in [0.5, 0.6) is 0 Å². The van der Waals surface area contributed by atoms with Gasteiger partial charge in [0, 0.05) is 50.8 Å². The van der Waals surface area contributed by atoms with E-state index in [0.717, 1.165) is 45.1 Å². The Kier molecular flexibility index (Phi) is 7.84. The van der Waals surface area contributed by atoms with Crippen molar-refractivity contribution in [2.45, 2.75) is 19.8 Å². The van der Waals surface area contributed by atoms with Crippen molar-refractivity contribution < 1.29 is 13.9 Å². The van der Waals surface area contributed by atoms with Crippen LogP contribution in [0, 0.1) is 18.2 Å². The number of amides is 1. The van der Waals surface area contributed by atoms with Gasteiger partial charge in [0.05, 0.1) is 6.61 Å². The van der Waals surface area contributed by atoms with Gasteiger partial charge >= 0.3 is 0 Å². The second kappa shape index (κ2) is 9.68. The minimum absolute atomic E-state index is 0. The highest BCUT2D eigenvalue weighted by Gasteiger charge is 2.42. The Bertz CT molecular complexity index is 692. The molecule has 150 valence electrons. The molecule has 1 atom stereocenters. The van der Waals surface area contributed by atoms with Crippen molar-refractivity contribution in [2.24, 2.45) is 10.4 Å². The number of aliphatic imine (C=N–C) groups is 1. The van der Waals surface area contributed by atoms with Gasteiger partial charge in [0.25, 0.3) is 5.91 Å². The van der Waals surface area contributed by atoms with Gasteiger partial charge in [0.2, 0.25) is 0 Å². The maximum atomic E-state index is 13.6. The quantitative estimate of drug-likeness (QED) is 0.294. The van der Waals surface area contributed by atoms with Crippen molar-refractivity contribution in [1.82, 2.24) is 15.5 Å². The first-order valence-corrected chi connectivity index (χ1v) is 9.11. The molecule has 1 aromatic rings. The number of likely N-dealkylation sites (tertiary alicyclic amines) is 1. The Hall–Kier alpha value is -1.42. The topological polar surface area (TPSA) is 66.0 Å². The lowest BCUT2D eigenvalue weighted by Crippen LogP contribution is -2.44. The zero-order valence-electron chi connectivity index (χ0n) is 15.9. The normalized spacial score (nSPS) is 22.0. The highest BCUT2D eigenvalue weighted by Crippen LogP contribution is 2.38. The third-order valence-corrected chi connectivity index (χ3v) is 5.26. The van der Waals surface area contributed by atoms with Crippen LogP contribution in [-0.4, -0.2) is 63.2 Å². The third kappa shape index (κ3) is 5.31. The number of hydrogen-bond acceptors (Lipinski definition) is 3. The molecule has 27 heavy (non-hydrogen) atoms. The number of ether oxygens (including phenoxy) is 1. The van der Waals surface area contributed by atoms with Crippen molar-refractivity contribution in [3.63, 3.8) is 0 Å². The summed E-state index contributed by atoms with van der Waals surface area (Å²) in [5.41, 5.74) is 1.14. The molecule has 6 nitrogen and oxygen atoms in total. The fraction of sp³-hybridized carbons (Fsp3) is 0.579. The van der Waals surface area contributed by atoms with E-state index in [2.05, 4.69) is 20.5 Å². The van der Waals surface area contributed by atoms with E-state index in [0.29, 0.717) is 24.2 Å². The minimum Gasteiger partial charge on any atom is -0.381 e. The molecule has 0 aromatic heterocycles. The van der Waals surface area contributed by atoms with Crippen LogP contribution in [0.15, 0.2) is 23.2 Å². The summed E-state index contributed by atoms with van der Waals surface area (Å²) in [5, 5.41) is 6.09. The number of rotatable bonds is 4. The lowest BCUT2D eigenvalue weighted by Gasteiger charge is -2.25. The molecule has 2 aliphatic rings. The number of aryl methyl sites for hydroxylation is 1. The molecule has 1 amide bonds. The van der Waals surface area contributed by atoms with Gasteiger partial charge < -0.3 is 20.3 Å². The van der Waals surface area contributed by atoms with E-state index in [9.17, 15) is 9.18 Å². The van der Waals surface area contributed by atoms with Gasteiger partial charge in [-0.1, -0.05) is 6.07 Å². The van der Waals surface area contributed by atoms with Crippen LogP contribution < -0.4 is 10.6 Å². The lowest BCUT2D eigenvalue weighted by atomic mass is 9.87. The molecular formula is C19H28FIN4O2. The predicted octanol–water partition coefficient (Wildman–Crippen LogP) is 2.17. The fourth-order valence-corrected chi connectivity index (χ4v) is 3.61. The number of nitrogens with one attached hydrogen (secondary N) is 2. The van der Waals surface area contributed by atoms with Crippen LogP contribution in [0.4, 0.5) is 4.39 Å². The van der Waals surface area contributed by atoms with Gasteiger partial charge in [0.1, 0.15) is 5.82 Å². The maximum Gasteiger partial charge on any atom is 0.251 e. The van der Waals surface area contributed by atoms with Gasteiger partial charge in [-0.25, -0.2) is 4.39 Å². The van der Waals surface area contributed by atoms with Gasteiger partial charge in [-0.2, -0.15) is 0 Å². The van der Waals surface area contributed by atoms with Crippen LogP contribution in [0.2, 0.25) is 0 Å². The number of hydrogen-bond donors (Lipinski definition) is 2. The maximum absolute atomic E-state index is 13.6. The van der Waals surface area contributed by atoms with Gasteiger partial charge in [0.15, 0.2) is 5.96 Å². The second-order valence-electron chi connectivity index (χ2n) is 7.17. The molecule has 2 N–H and O–H groups in total. The van der Waals surface area contributed by atoms with Crippen molar-refractivity contribution >= 4 is 35.8 Å². The monoisotopic (exact) mass is 490 g/mol. The molecule has 1 spiro atoms. The van der Waals surface area contributed by atoms with Gasteiger partial charge in [-0.3, -0.25) is 9.79 Å². The molecule has 0 radical (unpaired) electrons. The van der Waals surface area contributed by atoms with Crippen LogP contribution >= 0.6 is 24.0 Å². The first-order valence-electron chi connectivity index (χ1n) is 9.11.